The number of hydrogen-bond acceptors (Lipinski definition) is 2. The first kappa shape index (κ1) is 27.5. The lowest BCUT2D eigenvalue weighted by molar-refractivity contribution is 1.18. The Kier molecular flexibility index (Phi) is 5.84. The minimum absolute atomic E-state index is 0.602. The van der Waals surface area contributed by atoms with Crippen molar-refractivity contribution in [1.29, 1.82) is 5.26 Å². The van der Waals surface area contributed by atoms with Crippen molar-refractivity contribution in [2.45, 2.75) is 0 Å². The summed E-state index contributed by atoms with van der Waals surface area (Å²) in [7, 11) is 0. The summed E-state index contributed by atoms with van der Waals surface area (Å²) in [5, 5.41) is 16.6. The van der Waals surface area contributed by atoms with E-state index in [0.717, 1.165) is 49.0 Å². The van der Waals surface area contributed by atoms with Crippen molar-refractivity contribution in [1.82, 2.24) is 9.13 Å². The summed E-state index contributed by atoms with van der Waals surface area (Å²) >= 11 is 1.80. The summed E-state index contributed by atoms with van der Waals surface area (Å²) in [6, 6.07) is 52.8. The van der Waals surface area contributed by atoms with E-state index < -0.39 is 0 Å². The fourth-order valence-corrected chi connectivity index (χ4v) is 9.09. The van der Waals surface area contributed by atoms with Gasteiger partial charge in [0, 0.05) is 54.0 Å². The summed E-state index contributed by atoms with van der Waals surface area (Å²) < 4.78 is 7.03. The molecule has 3 aromatic heterocycles. The van der Waals surface area contributed by atoms with Gasteiger partial charge in [0.25, 0.3) is 0 Å². The van der Waals surface area contributed by atoms with Gasteiger partial charge in [-0.05, 0) is 54.1 Å². The summed E-state index contributed by atoms with van der Waals surface area (Å²) in [4.78, 5) is 4.09. The average molecular weight is 641 g/mol. The summed E-state index contributed by atoms with van der Waals surface area (Å²) in [6.07, 6.45) is 0. The van der Waals surface area contributed by atoms with Gasteiger partial charge in [-0.1, -0.05) is 97.1 Å². The molecule has 4 nitrogen and oxygen atoms in total. The molecule has 7 aromatic carbocycles. The van der Waals surface area contributed by atoms with Crippen molar-refractivity contribution in [2.75, 3.05) is 0 Å². The van der Waals surface area contributed by atoms with Crippen LogP contribution in [0, 0.1) is 17.9 Å². The van der Waals surface area contributed by atoms with Gasteiger partial charge in [0.2, 0.25) is 0 Å². The molecule has 0 radical (unpaired) electrons. The third-order valence-electron chi connectivity index (χ3n) is 9.77. The van der Waals surface area contributed by atoms with E-state index in [1.807, 2.05) is 42.5 Å². The van der Waals surface area contributed by atoms with E-state index in [0.29, 0.717) is 11.3 Å². The van der Waals surface area contributed by atoms with Gasteiger partial charge in [0.1, 0.15) is 0 Å². The van der Waals surface area contributed by atoms with Gasteiger partial charge in [-0.25, -0.2) is 4.85 Å². The molecule has 0 saturated heterocycles. The van der Waals surface area contributed by atoms with Crippen LogP contribution in [0.5, 0.6) is 0 Å². The topological polar surface area (TPSA) is 38.0 Å². The summed E-state index contributed by atoms with van der Waals surface area (Å²) in [5.41, 5.74) is 9.66. The molecule has 5 heteroatoms. The molecular formula is C44H24N4S. The highest BCUT2D eigenvalue weighted by atomic mass is 32.1. The maximum atomic E-state index is 9.71. The van der Waals surface area contributed by atoms with E-state index in [1.165, 1.54) is 37.3 Å². The van der Waals surface area contributed by atoms with Crippen molar-refractivity contribution in [3.05, 3.63) is 163 Å². The van der Waals surface area contributed by atoms with E-state index in [2.05, 4.69) is 123 Å². The highest BCUT2D eigenvalue weighted by Gasteiger charge is 2.23. The van der Waals surface area contributed by atoms with Crippen LogP contribution in [0.3, 0.4) is 0 Å². The monoisotopic (exact) mass is 640 g/mol. The molecule has 226 valence electrons. The van der Waals surface area contributed by atoms with Crippen molar-refractivity contribution >= 4 is 80.8 Å². The second-order valence-corrected chi connectivity index (χ2v) is 13.3. The third-order valence-corrected chi connectivity index (χ3v) is 11.0. The van der Waals surface area contributed by atoms with Crippen LogP contribution in [-0.4, -0.2) is 9.13 Å². The van der Waals surface area contributed by atoms with Crippen LogP contribution in [0.15, 0.2) is 146 Å². The Balaban J connectivity index is 1.33. The first-order valence-electron chi connectivity index (χ1n) is 16.1. The predicted octanol–water partition coefficient (Wildman–Crippen LogP) is 12.3. The first-order chi connectivity index (χ1) is 24.2. The quantitative estimate of drug-likeness (QED) is 0.177. The van der Waals surface area contributed by atoms with E-state index in [1.54, 1.807) is 11.3 Å². The van der Waals surface area contributed by atoms with Crippen LogP contribution in [0.2, 0.25) is 0 Å². The van der Waals surface area contributed by atoms with Crippen molar-refractivity contribution < 1.29 is 0 Å². The van der Waals surface area contributed by atoms with E-state index in [4.69, 9.17) is 6.57 Å². The predicted molar refractivity (Wildman–Crippen MR) is 204 cm³/mol. The second kappa shape index (κ2) is 10.4. The molecule has 0 amide bonds. The van der Waals surface area contributed by atoms with Crippen LogP contribution >= 0.6 is 11.3 Å². The Morgan fingerprint density at radius 2 is 1.20 bits per heavy atom. The Labute approximate surface area is 285 Å². The molecule has 0 aliphatic carbocycles. The largest absolute Gasteiger partial charge is 0.310 e. The molecule has 10 rings (SSSR count). The number of aromatic nitrogens is 2. The molecule has 49 heavy (non-hydrogen) atoms. The number of nitrogens with zero attached hydrogens (tertiary/aromatic N) is 4. The molecule has 3 heterocycles. The zero-order valence-electron chi connectivity index (χ0n) is 26.1. The van der Waals surface area contributed by atoms with Gasteiger partial charge in [0.05, 0.1) is 45.0 Å². The number of hydrogen-bond donors (Lipinski definition) is 0. The van der Waals surface area contributed by atoms with Gasteiger partial charge in [0.15, 0.2) is 5.69 Å². The zero-order chi connectivity index (χ0) is 32.6. The van der Waals surface area contributed by atoms with Crippen LogP contribution in [0.25, 0.3) is 91.1 Å². The second-order valence-electron chi connectivity index (χ2n) is 12.3. The fraction of sp³-hybridized carbons (Fsp3) is 0. The average Bonchev–Trinajstić information content (AvgIpc) is 3.82. The third kappa shape index (κ3) is 3.82. The Morgan fingerprint density at radius 1 is 0.551 bits per heavy atom. The Bertz CT molecular complexity index is 3070. The van der Waals surface area contributed by atoms with Gasteiger partial charge in [-0.3, -0.25) is 0 Å². The minimum Gasteiger partial charge on any atom is -0.310 e. The van der Waals surface area contributed by atoms with Gasteiger partial charge >= 0.3 is 0 Å². The molecule has 0 fully saturated rings. The molecule has 0 bridgehead atoms. The highest BCUT2D eigenvalue weighted by molar-refractivity contribution is 7.27. The zero-order valence-corrected chi connectivity index (χ0v) is 26.9. The van der Waals surface area contributed by atoms with E-state index >= 15 is 0 Å². The number of nitriles is 1. The normalized spacial score (nSPS) is 11.6. The Hall–Kier alpha value is -6.66. The number of fused-ring (bicyclic) bond motifs is 10. The molecule has 0 N–H and O–H groups in total. The fourth-order valence-electron chi connectivity index (χ4n) is 7.73. The molecule has 0 unspecified atom stereocenters. The van der Waals surface area contributed by atoms with Crippen LogP contribution in [-0.2, 0) is 0 Å². The standard InChI is InChI=1S/C44H24N4S/c1-46-36-17-10-20-40(48-38-19-8-6-14-30(38)35-25-27(26-45)21-24-39(35)48)41(36)34-16-9-15-32-33-23-22-31-29-13-5-7-18-37(29)47(28-11-3-2-4-12-28)42(31)44(33)49-43(32)34/h2-25H. The summed E-state index contributed by atoms with van der Waals surface area (Å²) in [6.45, 7) is 8.32. The smallest absolute Gasteiger partial charge is 0.197 e. The summed E-state index contributed by atoms with van der Waals surface area (Å²) in [5.74, 6) is 0. The SMILES string of the molecule is [C-]#[N+]c1cccc(-n2c3ccccc3c3cc(C#N)ccc32)c1-c1cccc2c1sc1c2ccc2c3ccccc3n(-c3ccccc3)c21. The van der Waals surface area contributed by atoms with Gasteiger partial charge in [-0.15, -0.1) is 11.3 Å². The number of thiophene rings is 1. The maximum absolute atomic E-state index is 9.71. The lowest BCUT2D eigenvalue weighted by Gasteiger charge is -2.16. The van der Waals surface area contributed by atoms with Crippen molar-refractivity contribution in [3.8, 4) is 28.6 Å². The van der Waals surface area contributed by atoms with E-state index in [9.17, 15) is 5.26 Å². The van der Waals surface area contributed by atoms with Gasteiger partial charge in [-0.2, -0.15) is 5.26 Å². The lowest BCUT2D eigenvalue weighted by atomic mass is 9.98. The molecule has 0 atom stereocenters. The van der Waals surface area contributed by atoms with Crippen LogP contribution in [0.4, 0.5) is 5.69 Å². The minimum atomic E-state index is 0.602. The molecule has 0 saturated carbocycles. The van der Waals surface area contributed by atoms with Crippen molar-refractivity contribution in [2.24, 2.45) is 0 Å². The molecule has 0 spiro atoms. The number of rotatable bonds is 3. The number of benzene rings is 7. The molecular weight excluding hydrogens is 617 g/mol. The van der Waals surface area contributed by atoms with Crippen molar-refractivity contribution in [3.63, 3.8) is 0 Å². The van der Waals surface area contributed by atoms with E-state index in [-0.39, 0.29) is 0 Å². The van der Waals surface area contributed by atoms with Crippen LogP contribution < -0.4 is 0 Å². The van der Waals surface area contributed by atoms with Gasteiger partial charge < -0.3 is 9.13 Å². The molecule has 0 aliphatic rings. The Morgan fingerprint density at radius 3 is 2.00 bits per heavy atom. The maximum Gasteiger partial charge on any atom is 0.197 e. The molecule has 10 aromatic rings. The first-order valence-corrected chi connectivity index (χ1v) is 16.9. The van der Waals surface area contributed by atoms with Crippen LogP contribution in [0.1, 0.15) is 5.56 Å². The lowest BCUT2D eigenvalue weighted by Crippen LogP contribution is -1.97. The molecule has 0 aliphatic heterocycles. The number of para-hydroxylation sites is 3. The highest BCUT2D eigenvalue weighted by Crippen LogP contribution is 2.49.